The van der Waals surface area contributed by atoms with Gasteiger partial charge in [0.2, 0.25) is 17.7 Å². The summed E-state index contributed by atoms with van der Waals surface area (Å²) in [5.41, 5.74) is -0.572. The predicted octanol–water partition coefficient (Wildman–Crippen LogP) is 3.02. The third-order valence-corrected chi connectivity index (χ3v) is 9.61. The summed E-state index contributed by atoms with van der Waals surface area (Å²) in [7, 11) is 1.71. The van der Waals surface area contributed by atoms with E-state index in [-0.39, 0.29) is 37.3 Å². The average molecular weight is 608 g/mol. The first-order chi connectivity index (χ1) is 21.2. The average Bonchev–Trinajstić information content (AvgIpc) is 3.67. The lowest BCUT2D eigenvalue weighted by molar-refractivity contribution is -0.164. The fraction of sp³-hybridized carbons (Fsp3) is 0.588. The van der Waals surface area contributed by atoms with Crippen LogP contribution in [0.5, 0.6) is 0 Å². The van der Waals surface area contributed by atoms with E-state index in [2.05, 4.69) is 6.92 Å². The summed E-state index contributed by atoms with van der Waals surface area (Å²) in [5.74, 6) is -3.15. The van der Waals surface area contributed by atoms with E-state index >= 15 is 0 Å². The molecule has 0 saturated carbocycles. The first-order valence-electron chi connectivity index (χ1n) is 16.0. The number of ether oxygens (including phenoxy) is 2. The van der Waals surface area contributed by atoms with Crippen LogP contribution in [0.4, 0.5) is 0 Å². The van der Waals surface area contributed by atoms with Gasteiger partial charge in [-0.2, -0.15) is 0 Å². The van der Waals surface area contributed by atoms with Gasteiger partial charge in [-0.05, 0) is 31.7 Å². The number of carbonyl (C=O) groups excluding carboxylic acids is 4. The highest BCUT2D eigenvalue weighted by molar-refractivity contribution is 5.99. The van der Waals surface area contributed by atoms with Crippen LogP contribution >= 0.6 is 0 Å². The van der Waals surface area contributed by atoms with E-state index in [1.807, 2.05) is 49.4 Å². The number of nitrogens with zero attached hydrogens (tertiary/aromatic N) is 3. The first kappa shape index (κ1) is 31.9. The summed E-state index contributed by atoms with van der Waals surface area (Å²) in [6.45, 7) is 4.82. The van der Waals surface area contributed by atoms with Gasteiger partial charge >= 0.3 is 5.97 Å². The third kappa shape index (κ3) is 5.81. The molecular weight excluding hydrogens is 562 g/mol. The molecule has 1 N–H and O–H groups in total. The summed E-state index contributed by atoms with van der Waals surface area (Å²) in [4.78, 5) is 60.9. The summed E-state index contributed by atoms with van der Waals surface area (Å²) in [6, 6.07) is 7.84. The van der Waals surface area contributed by atoms with Crippen molar-refractivity contribution in [2.75, 3.05) is 33.3 Å². The van der Waals surface area contributed by atoms with Crippen LogP contribution in [0.2, 0.25) is 0 Å². The topological polar surface area (TPSA) is 117 Å². The maximum absolute atomic E-state index is 14.4. The van der Waals surface area contributed by atoms with Crippen molar-refractivity contribution in [3.63, 3.8) is 0 Å². The summed E-state index contributed by atoms with van der Waals surface area (Å²) in [5, 5.41) is 9.64. The normalized spacial score (nSPS) is 33.2. The molecule has 4 aliphatic rings. The summed E-state index contributed by atoms with van der Waals surface area (Å²) < 4.78 is 12.7. The molecule has 5 bridgehead atoms. The zero-order valence-electron chi connectivity index (χ0n) is 26.0. The molecule has 1 aromatic rings. The molecule has 2 saturated heterocycles. The van der Waals surface area contributed by atoms with E-state index in [0.717, 1.165) is 24.8 Å². The van der Waals surface area contributed by atoms with Crippen molar-refractivity contribution in [2.24, 2.45) is 11.8 Å². The molecule has 2 fully saturated rings. The monoisotopic (exact) mass is 607 g/mol. The number of cyclic esters (lactones) is 1. The number of benzene rings is 1. The van der Waals surface area contributed by atoms with Crippen molar-refractivity contribution >= 4 is 23.7 Å². The lowest BCUT2D eigenvalue weighted by Crippen LogP contribution is -2.56. The van der Waals surface area contributed by atoms with Gasteiger partial charge in [0, 0.05) is 39.7 Å². The minimum atomic E-state index is -1.31. The SMILES string of the molecule is CCCCCN1C/C=C\CCC(=O)N(C)[C@@H](C)[C@H](c2ccccc2)OC(=O)[C@@H]2[C@H]3C(=O)N(CCCO)[C@H](C1=O)[C@]31C=C[C@H]2O1. The van der Waals surface area contributed by atoms with Crippen LogP contribution in [0.1, 0.15) is 64.0 Å². The summed E-state index contributed by atoms with van der Waals surface area (Å²) >= 11 is 0. The Morgan fingerprint density at radius 3 is 2.50 bits per heavy atom. The Balaban J connectivity index is 1.56. The second-order valence-corrected chi connectivity index (χ2v) is 12.3. The molecule has 5 rings (SSSR count). The van der Waals surface area contributed by atoms with E-state index in [4.69, 9.17) is 9.47 Å². The molecule has 7 atom stereocenters. The standard InChI is InChI=1S/C34H45N3O7/c1-4-5-11-19-36-20-12-7-10-16-26(39)35(3)23(2)29(24-14-8-6-9-15-24)43-33(42)27-25-17-18-34(44-25)28(27)31(40)37(21-13-22-38)30(34)32(36)41/h6-9,12,14-15,17-18,23,25,27-30,38H,4-5,10-11,13,16,19-22H2,1-3H3/b12-7-/t23-,25+,27-,28-,29+,30+,34-/m0/s1. The Kier molecular flexibility index (Phi) is 9.90. The molecule has 4 aliphatic heterocycles. The number of esters is 1. The molecule has 3 amide bonds. The summed E-state index contributed by atoms with van der Waals surface area (Å²) in [6.07, 6.45) is 9.71. The lowest BCUT2D eigenvalue weighted by Gasteiger charge is -2.36. The van der Waals surface area contributed by atoms with Gasteiger partial charge < -0.3 is 29.3 Å². The fourth-order valence-electron chi connectivity index (χ4n) is 7.14. The van der Waals surface area contributed by atoms with Gasteiger partial charge in [0.1, 0.15) is 23.7 Å². The van der Waals surface area contributed by atoms with Crippen LogP contribution in [0, 0.1) is 11.8 Å². The van der Waals surface area contributed by atoms with Crippen molar-refractivity contribution in [1.29, 1.82) is 0 Å². The molecule has 1 spiro atoms. The Morgan fingerprint density at radius 2 is 1.77 bits per heavy atom. The van der Waals surface area contributed by atoms with E-state index in [1.54, 1.807) is 29.0 Å². The quantitative estimate of drug-likeness (QED) is 0.274. The minimum Gasteiger partial charge on any atom is -0.455 e. The van der Waals surface area contributed by atoms with Crippen molar-refractivity contribution in [2.45, 2.75) is 82.3 Å². The first-order valence-corrected chi connectivity index (χ1v) is 16.0. The van der Waals surface area contributed by atoms with Crippen LogP contribution in [-0.2, 0) is 28.7 Å². The number of aliphatic hydroxyl groups is 1. The highest BCUT2D eigenvalue weighted by Crippen LogP contribution is 2.56. The van der Waals surface area contributed by atoms with Crippen LogP contribution in [-0.4, -0.2) is 101 Å². The number of carbonyl (C=O) groups is 4. The number of aliphatic hydroxyl groups excluding tert-OH is 1. The van der Waals surface area contributed by atoms with Crippen molar-refractivity contribution in [1.82, 2.24) is 14.7 Å². The number of amides is 3. The van der Waals surface area contributed by atoms with Crippen LogP contribution in [0.3, 0.4) is 0 Å². The van der Waals surface area contributed by atoms with E-state index in [1.165, 1.54) is 4.90 Å². The van der Waals surface area contributed by atoms with Crippen LogP contribution < -0.4 is 0 Å². The molecule has 238 valence electrons. The Labute approximate surface area is 259 Å². The van der Waals surface area contributed by atoms with Gasteiger partial charge in [0.15, 0.2) is 0 Å². The van der Waals surface area contributed by atoms with Gasteiger partial charge in [-0.1, -0.05) is 74.4 Å². The number of hydrogen-bond donors (Lipinski definition) is 1. The van der Waals surface area contributed by atoms with Gasteiger partial charge in [-0.3, -0.25) is 19.2 Å². The molecule has 1 aromatic carbocycles. The molecule has 0 radical (unpaired) electrons. The second kappa shape index (κ2) is 13.6. The van der Waals surface area contributed by atoms with Crippen LogP contribution in [0.15, 0.2) is 54.6 Å². The number of likely N-dealkylation sites (N-methyl/N-ethyl adjacent to an activating group) is 1. The van der Waals surface area contributed by atoms with E-state index in [9.17, 15) is 24.3 Å². The van der Waals surface area contributed by atoms with E-state index in [0.29, 0.717) is 25.9 Å². The highest BCUT2D eigenvalue weighted by Gasteiger charge is 2.73. The Morgan fingerprint density at radius 1 is 1.00 bits per heavy atom. The molecule has 10 nitrogen and oxygen atoms in total. The smallest absolute Gasteiger partial charge is 0.313 e. The molecule has 0 aliphatic carbocycles. The zero-order chi connectivity index (χ0) is 31.4. The van der Waals surface area contributed by atoms with E-state index < -0.39 is 47.7 Å². The zero-order valence-corrected chi connectivity index (χ0v) is 26.0. The van der Waals surface area contributed by atoms with Crippen molar-refractivity contribution < 1.29 is 33.8 Å². The number of unbranched alkanes of at least 4 members (excludes halogenated alkanes) is 2. The Bertz CT molecular complexity index is 1280. The van der Waals surface area contributed by atoms with Crippen molar-refractivity contribution in [3.05, 3.63) is 60.2 Å². The molecule has 10 heteroatoms. The molecular formula is C34H45N3O7. The maximum Gasteiger partial charge on any atom is 0.313 e. The molecule has 0 unspecified atom stereocenters. The third-order valence-electron chi connectivity index (χ3n) is 9.61. The fourth-order valence-corrected chi connectivity index (χ4v) is 7.14. The minimum absolute atomic E-state index is 0.0850. The highest BCUT2D eigenvalue weighted by atomic mass is 16.6. The molecule has 0 aromatic heterocycles. The number of allylic oxidation sites excluding steroid dienone is 1. The lowest BCUT2D eigenvalue weighted by atomic mass is 9.74. The number of likely N-dealkylation sites (tertiary alicyclic amines) is 1. The van der Waals surface area contributed by atoms with Gasteiger partial charge in [0.25, 0.3) is 0 Å². The van der Waals surface area contributed by atoms with Gasteiger partial charge in [0.05, 0.1) is 18.1 Å². The molecule has 4 heterocycles. The van der Waals surface area contributed by atoms with Gasteiger partial charge in [-0.15, -0.1) is 0 Å². The largest absolute Gasteiger partial charge is 0.455 e. The number of fused-ring (bicyclic) bond motifs is 2. The molecule has 44 heavy (non-hydrogen) atoms. The van der Waals surface area contributed by atoms with Gasteiger partial charge in [-0.25, -0.2) is 0 Å². The maximum atomic E-state index is 14.4. The number of rotatable bonds is 8. The van der Waals surface area contributed by atoms with Crippen molar-refractivity contribution in [3.8, 4) is 0 Å². The predicted molar refractivity (Wildman–Crippen MR) is 163 cm³/mol. The second-order valence-electron chi connectivity index (χ2n) is 12.3. The number of hydrogen-bond acceptors (Lipinski definition) is 7. The Hall–Kier alpha value is -3.50. The van der Waals surface area contributed by atoms with Crippen LogP contribution in [0.25, 0.3) is 0 Å².